The first-order valence-electron chi connectivity index (χ1n) is 13.1. The molecule has 39 heavy (non-hydrogen) atoms. The topological polar surface area (TPSA) is 76.3 Å². The minimum atomic E-state index is -0.464. The summed E-state index contributed by atoms with van der Waals surface area (Å²) in [6.07, 6.45) is 5.25. The van der Waals surface area contributed by atoms with E-state index in [4.69, 9.17) is 16.6 Å². The number of piperidine rings is 1. The SMILES string of the molecule is Cc1c(C#Cc2ccccn2)sc2c1C(c1ccc(Cl)cc1)=N[C@@H](CC(=O)N1CCCCC1)c1nnc(C)n1-2. The van der Waals surface area contributed by atoms with Gasteiger partial charge in [0.25, 0.3) is 0 Å². The summed E-state index contributed by atoms with van der Waals surface area (Å²) in [5, 5.41) is 10.6. The van der Waals surface area contributed by atoms with E-state index in [0.717, 1.165) is 64.0 Å². The molecule has 5 heterocycles. The number of hydrogen-bond donors (Lipinski definition) is 0. The number of pyridine rings is 1. The van der Waals surface area contributed by atoms with Crippen LogP contribution in [0.1, 0.15) is 70.6 Å². The second-order valence-electron chi connectivity index (χ2n) is 9.79. The highest BCUT2D eigenvalue weighted by molar-refractivity contribution is 7.15. The number of carbonyl (C=O) groups excluding carboxylic acids is 1. The predicted molar refractivity (Wildman–Crippen MR) is 154 cm³/mol. The fourth-order valence-electron chi connectivity index (χ4n) is 5.14. The monoisotopic (exact) mass is 554 g/mol. The number of halogens is 1. The maximum atomic E-state index is 13.4. The Morgan fingerprint density at radius 3 is 2.59 bits per heavy atom. The van der Waals surface area contributed by atoms with Crippen LogP contribution in [-0.4, -0.2) is 49.4 Å². The van der Waals surface area contributed by atoms with Gasteiger partial charge < -0.3 is 4.90 Å². The van der Waals surface area contributed by atoms with Gasteiger partial charge in [0.1, 0.15) is 22.6 Å². The zero-order valence-corrected chi connectivity index (χ0v) is 23.4. The molecule has 3 aromatic heterocycles. The Balaban J connectivity index is 1.50. The van der Waals surface area contributed by atoms with E-state index in [1.807, 2.05) is 54.3 Å². The van der Waals surface area contributed by atoms with Crippen molar-refractivity contribution in [2.24, 2.45) is 4.99 Å². The van der Waals surface area contributed by atoms with Crippen LogP contribution in [0.3, 0.4) is 0 Å². The Morgan fingerprint density at radius 1 is 1.05 bits per heavy atom. The number of rotatable bonds is 3. The summed E-state index contributed by atoms with van der Waals surface area (Å²) in [5.41, 5.74) is 4.45. The Kier molecular flexibility index (Phi) is 7.03. The number of aryl methyl sites for hydroxylation is 1. The fraction of sp³-hybridized carbons (Fsp3) is 0.300. The number of hydrogen-bond acceptors (Lipinski definition) is 6. The molecule has 0 bridgehead atoms. The van der Waals surface area contributed by atoms with E-state index in [1.165, 1.54) is 6.42 Å². The van der Waals surface area contributed by atoms with Gasteiger partial charge in [0.2, 0.25) is 5.91 Å². The van der Waals surface area contributed by atoms with Crippen molar-refractivity contribution in [2.75, 3.05) is 13.1 Å². The van der Waals surface area contributed by atoms with E-state index in [0.29, 0.717) is 16.5 Å². The molecular formula is C30H27ClN6OS. The van der Waals surface area contributed by atoms with Crippen molar-refractivity contribution in [3.8, 4) is 16.8 Å². The predicted octanol–water partition coefficient (Wildman–Crippen LogP) is 5.69. The molecule has 0 spiro atoms. The molecule has 196 valence electrons. The van der Waals surface area contributed by atoms with Crippen LogP contribution in [0.2, 0.25) is 5.02 Å². The number of amides is 1. The number of aliphatic imine (C=N–C) groups is 1. The molecule has 1 amide bonds. The van der Waals surface area contributed by atoms with Crippen LogP contribution >= 0.6 is 22.9 Å². The summed E-state index contributed by atoms with van der Waals surface area (Å²) in [7, 11) is 0. The summed E-state index contributed by atoms with van der Waals surface area (Å²) in [6.45, 7) is 5.61. The number of fused-ring (bicyclic) bond motifs is 3. The first kappa shape index (κ1) is 25.5. The molecule has 2 aliphatic heterocycles. The molecule has 0 aliphatic carbocycles. The lowest BCUT2D eigenvalue weighted by molar-refractivity contribution is -0.132. The van der Waals surface area contributed by atoms with Gasteiger partial charge in [-0.2, -0.15) is 0 Å². The maximum absolute atomic E-state index is 13.4. The zero-order valence-electron chi connectivity index (χ0n) is 21.8. The number of benzene rings is 1. The normalized spacial score (nSPS) is 16.4. The third kappa shape index (κ3) is 5.00. The van der Waals surface area contributed by atoms with E-state index in [9.17, 15) is 4.79 Å². The van der Waals surface area contributed by atoms with Crippen molar-refractivity contribution in [2.45, 2.75) is 45.6 Å². The number of aromatic nitrogens is 4. The highest BCUT2D eigenvalue weighted by Gasteiger charge is 2.33. The van der Waals surface area contributed by atoms with E-state index < -0.39 is 6.04 Å². The number of likely N-dealkylation sites (tertiary alicyclic amines) is 1. The quantitative estimate of drug-likeness (QED) is 0.305. The standard InChI is InChI=1S/C30H27ClN6OS/c1-19-25(14-13-23-8-4-5-15-32-23)39-30-27(19)28(21-9-11-22(31)12-10-21)33-24(29-35-34-20(2)37(29)30)18-26(38)36-16-6-3-7-17-36/h4-5,8-12,15,24H,3,6-7,16-18H2,1-2H3/t24-/m0/s1. The van der Waals surface area contributed by atoms with Crippen molar-refractivity contribution < 1.29 is 4.79 Å². The molecule has 1 aromatic carbocycles. The van der Waals surface area contributed by atoms with Gasteiger partial charge in [-0.15, -0.1) is 21.5 Å². The van der Waals surface area contributed by atoms with Gasteiger partial charge in [0, 0.05) is 35.4 Å². The third-order valence-electron chi connectivity index (χ3n) is 7.16. The smallest absolute Gasteiger partial charge is 0.225 e. The molecule has 9 heteroatoms. The molecule has 4 aromatic rings. The molecule has 0 saturated carbocycles. The Morgan fingerprint density at radius 2 is 1.85 bits per heavy atom. The lowest BCUT2D eigenvalue weighted by Crippen LogP contribution is -2.36. The average Bonchev–Trinajstić information content (AvgIpc) is 3.46. The second kappa shape index (κ2) is 10.8. The Labute approximate surface area is 236 Å². The molecule has 0 N–H and O–H groups in total. The molecule has 2 aliphatic rings. The number of nitrogens with zero attached hydrogens (tertiary/aromatic N) is 6. The van der Waals surface area contributed by atoms with Gasteiger partial charge in [-0.3, -0.25) is 14.4 Å². The van der Waals surface area contributed by atoms with E-state index in [2.05, 4.69) is 38.5 Å². The van der Waals surface area contributed by atoms with Crippen molar-refractivity contribution in [3.05, 3.63) is 92.6 Å². The molecule has 1 saturated heterocycles. The van der Waals surface area contributed by atoms with Crippen LogP contribution in [0.5, 0.6) is 0 Å². The molecule has 0 unspecified atom stereocenters. The number of thiophene rings is 1. The zero-order chi connectivity index (χ0) is 26.9. The van der Waals surface area contributed by atoms with Gasteiger partial charge in [-0.1, -0.05) is 29.8 Å². The molecule has 1 fully saturated rings. The number of carbonyl (C=O) groups is 1. The summed E-state index contributed by atoms with van der Waals surface area (Å²) in [4.78, 5) is 25.9. The largest absolute Gasteiger partial charge is 0.343 e. The van der Waals surface area contributed by atoms with Crippen molar-refractivity contribution >= 4 is 34.6 Å². The summed E-state index contributed by atoms with van der Waals surface area (Å²) >= 11 is 7.83. The van der Waals surface area contributed by atoms with Gasteiger partial charge in [0.15, 0.2) is 5.82 Å². The molecule has 7 nitrogen and oxygen atoms in total. The molecule has 6 rings (SSSR count). The molecule has 0 radical (unpaired) electrons. The highest BCUT2D eigenvalue weighted by Crippen LogP contribution is 2.40. The molecular weight excluding hydrogens is 528 g/mol. The van der Waals surface area contributed by atoms with E-state index in [-0.39, 0.29) is 12.3 Å². The molecule has 1 atom stereocenters. The van der Waals surface area contributed by atoms with Crippen LogP contribution in [0.4, 0.5) is 0 Å². The summed E-state index contributed by atoms with van der Waals surface area (Å²) in [5.74, 6) is 8.06. The van der Waals surface area contributed by atoms with Crippen molar-refractivity contribution in [1.82, 2.24) is 24.6 Å². The van der Waals surface area contributed by atoms with Crippen LogP contribution < -0.4 is 0 Å². The summed E-state index contributed by atoms with van der Waals surface area (Å²) < 4.78 is 2.06. The van der Waals surface area contributed by atoms with E-state index in [1.54, 1.807) is 17.5 Å². The van der Waals surface area contributed by atoms with Crippen LogP contribution in [0.15, 0.2) is 53.7 Å². The lowest BCUT2D eigenvalue weighted by Gasteiger charge is -2.27. The minimum absolute atomic E-state index is 0.106. The van der Waals surface area contributed by atoms with Gasteiger partial charge in [-0.25, -0.2) is 4.98 Å². The minimum Gasteiger partial charge on any atom is -0.343 e. The average molecular weight is 555 g/mol. The first-order chi connectivity index (χ1) is 19.0. The third-order valence-corrected chi connectivity index (χ3v) is 8.61. The van der Waals surface area contributed by atoms with Gasteiger partial charge in [-0.05, 0) is 74.8 Å². The van der Waals surface area contributed by atoms with Crippen molar-refractivity contribution in [1.29, 1.82) is 0 Å². The van der Waals surface area contributed by atoms with Crippen LogP contribution in [0, 0.1) is 25.7 Å². The maximum Gasteiger partial charge on any atom is 0.225 e. The fourth-order valence-corrected chi connectivity index (χ4v) is 6.48. The second-order valence-corrected chi connectivity index (χ2v) is 11.2. The van der Waals surface area contributed by atoms with Gasteiger partial charge >= 0.3 is 0 Å². The Bertz CT molecular complexity index is 1620. The van der Waals surface area contributed by atoms with Crippen LogP contribution in [0.25, 0.3) is 5.00 Å². The Hall–Kier alpha value is -3.80. The van der Waals surface area contributed by atoms with Crippen molar-refractivity contribution in [3.63, 3.8) is 0 Å². The van der Waals surface area contributed by atoms with Gasteiger partial charge in [0.05, 0.1) is 17.0 Å². The first-order valence-corrected chi connectivity index (χ1v) is 14.3. The summed E-state index contributed by atoms with van der Waals surface area (Å²) in [6, 6.07) is 12.9. The van der Waals surface area contributed by atoms with Crippen LogP contribution in [-0.2, 0) is 4.79 Å². The highest BCUT2D eigenvalue weighted by atomic mass is 35.5. The lowest BCUT2D eigenvalue weighted by atomic mass is 9.99. The van der Waals surface area contributed by atoms with E-state index >= 15 is 0 Å².